The number of aromatic nitrogens is 1. The molecule has 0 aromatic carbocycles. The van der Waals surface area contributed by atoms with Gasteiger partial charge in [0.05, 0.1) is 19.1 Å². The van der Waals surface area contributed by atoms with Crippen molar-refractivity contribution >= 4 is 11.7 Å². The average molecular weight is 235 g/mol. The van der Waals surface area contributed by atoms with Crippen LogP contribution in [0.25, 0.3) is 0 Å². The van der Waals surface area contributed by atoms with E-state index >= 15 is 0 Å². The Labute approximate surface area is 101 Å². The van der Waals surface area contributed by atoms with Gasteiger partial charge in [-0.05, 0) is 25.6 Å². The lowest BCUT2D eigenvalue weighted by Crippen LogP contribution is -2.39. The smallest absolute Gasteiger partial charge is 0.232 e. The van der Waals surface area contributed by atoms with Gasteiger partial charge in [-0.3, -0.25) is 4.79 Å². The summed E-state index contributed by atoms with van der Waals surface area (Å²) < 4.78 is 5.31. The molecule has 2 N–H and O–H groups in total. The maximum atomic E-state index is 12.1. The zero-order valence-electron chi connectivity index (χ0n) is 10.1. The molecule has 0 spiro atoms. The number of nitrogens with zero attached hydrogens (tertiary/aromatic N) is 1. The highest BCUT2D eigenvalue weighted by Crippen LogP contribution is 2.17. The molecule has 1 amide bonds. The summed E-state index contributed by atoms with van der Waals surface area (Å²) in [5.74, 6) is 0.435. The van der Waals surface area contributed by atoms with Crippen LogP contribution in [-0.2, 0) is 9.53 Å². The van der Waals surface area contributed by atoms with E-state index in [1.807, 2.05) is 26.1 Å². The first-order chi connectivity index (χ1) is 8.22. The second kappa shape index (κ2) is 5.25. The van der Waals surface area contributed by atoms with Crippen molar-refractivity contribution in [1.29, 1.82) is 0 Å². The normalized spacial score (nSPS) is 23.6. The zero-order valence-corrected chi connectivity index (χ0v) is 10.1. The summed E-state index contributed by atoms with van der Waals surface area (Å²) in [7, 11) is 1.84. The maximum Gasteiger partial charge on any atom is 0.232 e. The number of carbonyl (C=O) groups excluding carboxylic acids is 1. The largest absolute Gasteiger partial charge is 0.379 e. The predicted octanol–water partition coefficient (Wildman–Crippen LogP) is 0.563. The van der Waals surface area contributed by atoms with Crippen molar-refractivity contribution in [1.82, 2.24) is 10.3 Å². The van der Waals surface area contributed by atoms with E-state index in [4.69, 9.17) is 4.74 Å². The van der Waals surface area contributed by atoms with Crippen molar-refractivity contribution in [2.75, 3.05) is 25.6 Å². The quantitative estimate of drug-likeness (QED) is 0.803. The number of nitrogens with one attached hydrogen (secondary N) is 2. The van der Waals surface area contributed by atoms with Crippen LogP contribution in [0.5, 0.6) is 0 Å². The van der Waals surface area contributed by atoms with E-state index in [1.54, 1.807) is 6.20 Å². The Morgan fingerprint density at radius 1 is 1.53 bits per heavy atom. The number of likely N-dealkylation sites (N-methyl/N-ethyl adjacent to an activating group) is 1. The summed E-state index contributed by atoms with van der Waals surface area (Å²) >= 11 is 0. The van der Waals surface area contributed by atoms with Crippen LogP contribution >= 0.6 is 0 Å². The minimum absolute atomic E-state index is 0.0383. The van der Waals surface area contributed by atoms with Gasteiger partial charge in [0.25, 0.3) is 0 Å². The predicted molar refractivity (Wildman–Crippen MR) is 64.8 cm³/mol. The van der Waals surface area contributed by atoms with Crippen LogP contribution in [0.2, 0.25) is 0 Å². The van der Waals surface area contributed by atoms with Crippen LogP contribution in [-0.4, -0.2) is 37.2 Å². The molecular formula is C12H17N3O2. The van der Waals surface area contributed by atoms with Crippen LogP contribution in [0.3, 0.4) is 0 Å². The van der Waals surface area contributed by atoms with Gasteiger partial charge >= 0.3 is 0 Å². The number of anilines is 1. The molecule has 1 aliphatic rings. The minimum Gasteiger partial charge on any atom is -0.379 e. The Balaban J connectivity index is 2.04. The summed E-state index contributed by atoms with van der Waals surface area (Å²) in [5, 5.41) is 5.94. The fourth-order valence-corrected chi connectivity index (χ4v) is 1.92. The Bertz CT molecular complexity index is 408. The monoisotopic (exact) mass is 235 g/mol. The first-order valence-electron chi connectivity index (χ1n) is 5.70. The van der Waals surface area contributed by atoms with Crippen molar-refractivity contribution in [3.05, 3.63) is 23.9 Å². The van der Waals surface area contributed by atoms with Crippen LogP contribution in [0.1, 0.15) is 5.56 Å². The Morgan fingerprint density at radius 3 is 3.06 bits per heavy atom. The standard InChI is InChI=1S/C12H17N3O2/c1-8-4-3-5-14-11(8)15-12(16)9-6-17-7-10(9)13-2/h3-5,9-10,13H,6-7H2,1-2H3,(H,14,15,16). The minimum atomic E-state index is -0.151. The van der Waals surface area contributed by atoms with Gasteiger partial charge in [-0.1, -0.05) is 6.07 Å². The van der Waals surface area contributed by atoms with Crippen molar-refractivity contribution in [2.24, 2.45) is 5.92 Å². The van der Waals surface area contributed by atoms with E-state index in [0.717, 1.165) is 5.56 Å². The van der Waals surface area contributed by atoms with Crippen molar-refractivity contribution in [3.63, 3.8) is 0 Å². The van der Waals surface area contributed by atoms with E-state index in [2.05, 4.69) is 15.6 Å². The second-order valence-electron chi connectivity index (χ2n) is 4.20. The second-order valence-corrected chi connectivity index (χ2v) is 4.20. The molecule has 2 heterocycles. The van der Waals surface area contributed by atoms with E-state index in [-0.39, 0.29) is 17.9 Å². The summed E-state index contributed by atoms with van der Waals surface area (Å²) in [6.45, 7) is 2.96. The van der Waals surface area contributed by atoms with Crippen LogP contribution in [0, 0.1) is 12.8 Å². The first-order valence-corrected chi connectivity index (χ1v) is 5.70. The van der Waals surface area contributed by atoms with Crippen molar-refractivity contribution < 1.29 is 9.53 Å². The van der Waals surface area contributed by atoms with E-state index in [9.17, 15) is 4.79 Å². The number of aryl methyl sites for hydroxylation is 1. The van der Waals surface area contributed by atoms with E-state index in [0.29, 0.717) is 19.0 Å². The highest BCUT2D eigenvalue weighted by molar-refractivity contribution is 5.93. The Kier molecular flexibility index (Phi) is 3.71. The van der Waals surface area contributed by atoms with Crippen LogP contribution in [0.15, 0.2) is 18.3 Å². The highest BCUT2D eigenvalue weighted by atomic mass is 16.5. The molecular weight excluding hydrogens is 218 g/mol. The molecule has 0 saturated carbocycles. The summed E-state index contributed by atoms with van der Waals surface area (Å²) in [6, 6.07) is 3.85. The Morgan fingerprint density at radius 2 is 2.35 bits per heavy atom. The number of hydrogen-bond donors (Lipinski definition) is 2. The van der Waals surface area contributed by atoms with Crippen LogP contribution in [0.4, 0.5) is 5.82 Å². The zero-order chi connectivity index (χ0) is 12.3. The van der Waals surface area contributed by atoms with Gasteiger partial charge in [0, 0.05) is 12.2 Å². The lowest BCUT2D eigenvalue weighted by Gasteiger charge is -2.16. The molecule has 0 bridgehead atoms. The summed E-state index contributed by atoms with van der Waals surface area (Å²) in [5.41, 5.74) is 0.959. The molecule has 92 valence electrons. The molecule has 5 heteroatoms. The molecule has 0 radical (unpaired) electrons. The van der Waals surface area contributed by atoms with E-state index in [1.165, 1.54) is 0 Å². The third-order valence-corrected chi connectivity index (χ3v) is 3.04. The van der Waals surface area contributed by atoms with Crippen LogP contribution < -0.4 is 10.6 Å². The van der Waals surface area contributed by atoms with Gasteiger partial charge in [0.2, 0.25) is 5.91 Å². The van der Waals surface area contributed by atoms with Crippen molar-refractivity contribution in [2.45, 2.75) is 13.0 Å². The molecule has 1 aromatic rings. The van der Waals surface area contributed by atoms with Gasteiger partial charge < -0.3 is 15.4 Å². The van der Waals surface area contributed by atoms with Crippen molar-refractivity contribution in [3.8, 4) is 0 Å². The number of carbonyl (C=O) groups is 1. The summed E-state index contributed by atoms with van der Waals surface area (Å²) in [6.07, 6.45) is 1.67. The molecule has 1 fully saturated rings. The van der Waals surface area contributed by atoms with Gasteiger partial charge in [-0.2, -0.15) is 0 Å². The fourth-order valence-electron chi connectivity index (χ4n) is 1.92. The molecule has 2 rings (SSSR count). The number of ether oxygens (including phenoxy) is 1. The maximum absolute atomic E-state index is 12.1. The molecule has 17 heavy (non-hydrogen) atoms. The third kappa shape index (κ3) is 2.62. The number of hydrogen-bond acceptors (Lipinski definition) is 4. The topological polar surface area (TPSA) is 63.2 Å². The third-order valence-electron chi connectivity index (χ3n) is 3.04. The highest BCUT2D eigenvalue weighted by Gasteiger charge is 2.33. The molecule has 5 nitrogen and oxygen atoms in total. The molecule has 2 atom stereocenters. The van der Waals surface area contributed by atoms with Gasteiger partial charge in [-0.25, -0.2) is 4.98 Å². The first kappa shape index (κ1) is 12.0. The average Bonchev–Trinajstić information content (AvgIpc) is 2.80. The molecule has 2 unspecified atom stereocenters. The molecule has 1 aliphatic heterocycles. The number of rotatable bonds is 3. The van der Waals surface area contributed by atoms with E-state index < -0.39 is 0 Å². The lowest BCUT2D eigenvalue weighted by atomic mass is 10.0. The number of pyridine rings is 1. The fraction of sp³-hybridized carbons (Fsp3) is 0.500. The van der Waals surface area contributed by atoms with Gasteiger partial charge in [-0.15, -0.1) is 0 Å². The molecule has 1 aromatic heterocycles. The van der Waals surface area contributed by atoms with Gasteiger partial charge in [0.1, 0.15) is 5.82 Å². The SMILES string of the molecule is CNC1COCC1C(=O)Nc1ncccc1C. The van der Waals surface area contributed by atoms with Gasteiger partial charge in [0.15, 0.2) is 0 Å². The summed E-state index contributed by atoms with van der Waals surface area (Å²) in [4.78, 5) is 16.2. The number of amides is 1. The molecule has 0 aliphatic carbocycles. The molecule has 1 saturated heterocycles. The lowest BCUT2D eigenvalue weighted by molar-refractivity contribution is -0.120. The Hall–Kier alpha value is -1.46.